The molecule has 2 heterocycles. The van der Waals surface area contributed by atoms with Crippen molar-refractivity contribution in [2.45, 2.75) is 45.6 Å². The van der Waals surface area contributed by atoms with Gasteiger partial charge in [0.15, 0.2) is 0 Å². The minimum Gasteiger partial charge on any atom is -0.444 e. The summed E-state index contributed by atoms with van der Waals surface area (Å²) in [7, 11) is 1.75. The molecule has 2 aromatic rings. The van der Waals surface area contributed by atoms with Gasteiger partial charge >= 0.3 is 6.09 Å². The van der Waals surface area contributed by atoms with E-state index in [-0.39, 0.29) is 17.0 Å². The summed E-state index contributed by atoms with van der Waals surface area (Å²) in [5.41, 5.74) is 1.06. The van der Waals surface area contributed by atoms with Crippen molar-refractivity contribution in [1.82, 2.24) is 14.9 Å². The smallest absolute Gasteiger partial charge is 0.410 e. The van der Waals surface area contributed by atoms with E-state index in [0.29, 0.717) is 16.4 Å². The Morgan fingerprint density at radius 3 is 2.35 bits per heavy atom. The zero-order chi connectivity index (χ0) is 22.9. The number of ether oxygens (including phenoxy) is 1. The standard InChI is InChI=1S/C13H9Cl2N3.C10H19NO2/c1-16-12-10(8-17-13(15)18-12)7-6-9-4-2-3-5-11(9)14;1-10(2,3)13-9(12)11-7-5-4-6-8-11/h2-5,8H,1H3,(H,16,17,18);4-8H2,1-3H3. The van der Waals surface area contributed by atoms with Crippen LogP contribution in [-0.2, 0) is 4.74 Å². The first-order valence-electron chi connectivity index (χ1n) is 10.1. The fraction of sp³-hybridized carbons (Fsp3) is 0.435. The van der Waals surface area contributed by atoms with Crippen LogP contribution in [0, 0.1) is 11.8 Å². The number of piperidine rings is 1. The fourth-order valence-corrected chi connectivity index (χ4v) is 3.06. The molecule has 0 unspecified atom stereocenters. The van der Waals surface area contributed by atoms with Crippen LogP contribution >= 0.6 is 23.2 Å². The van der Waals surface area contributed by atoms with Gasteiger partial charge in [-0.1, -0.05) is 35.6 Å². The van der Waals surface area contributed by atoms with E-state index in [4.69, 9.17) is 27.9 Å². The molecule has 1 saturated heterocycles. The van der Waals surface area contributed by atoms with Crippen LogP contribution in [0.2, 0.25) is 10.3 Å². The number of halogens is 2. The average Bonchev–Trinajstić information content (AvgIpc) is 2.73. The van der Waals surface area contributed by atoms with Gasteiger partial charge in [-0.05, 0) is 63.8 Å². The molecule has 0 bridgehead atoms. The zero-order valence-electron chi connectivity index (χ0n) is 18.3. The van der Waals surface area contributed by atoms with E-state index in [9.17, 15) is 4.79 Å². The molecule has 1 aromatic carbocycles. The largest absolute Gasteiger partial charge is 0.444 e. The Morgan fingerprint density at radius 1 is 1.10 bits per heavy atom. The highest BCUT2D eigenvalue weighted by atomic mass is 35.5. The summed E-state index contributed by atoms with van der Waals surface area (Å²) in [6, 6.07) is 7.39. The Kier molecular flexibility index (Phi) is 9.42. The number of carbonyl (C=O) groups is 1. The Hall–Kier alpha value is -2.49. The van der Waals surface area contributed by atoms with Crippen LogP contribution in [0.3, 0.4) is 0 Å². The van der Waals surface area contributed by atoms with Crippen LogP contribution in [0.5, 0.6) is 0 Å². The highest BCUT2D eigenvalue weighted by Crippen LogP contribution is 2.16. The summed E-state index contributed by atoms with van der Waals surface area (Å²) in [5.74, 6) is 6.54. The van der Waals surface area contributed by atoms with E-state index in [0.717, 1.165) is 31.5 Å². The first-order valence-corrected chi connectivity index (χ1v) is 10.9. The van der Waals surface area contributed by atoms with Crippen molar-refractivity contribution in [3.63, 3.8) is 0 Å². The number of hydrogen-bond acceptors (Lipinski definition) is 5. The second-order valence-electron chi connectivity index (χ2n) is 7.91. The SMILES string of the molecule is CC(C)(C)OC(=O)N1CCCCC1.CNc1nc(Cl)ncc1C#Cc1ccccc1Cl. The van der Waals surface area contributed by atoms with Crippen LogP contribution in [0.4, 0.5) is 10.6 Å². The van der Waals surface area contributed by atoms with Crippen LogP contribution < -0.4 is 5.32 Å². The molecule has 1 fully saturated rings. The Bertz CT molecular complexity index is 943. The highest BCUT2D eigenvalue weighted by molar-refractivity contribution is 6.31. The Morgan fingerprint density at radius 2 is 1.74 bits per heavy atom. The van der Waals surface area contributed by atoms with Crippen molar-refractivity contribution < 1.29 is 9.53 Å². The number of likely N-dealkylation sites (tertiary alicyclic amines) is 1. The van der Waals surface area contributed by atoms with Gasteiger partial charge in [0.05, 0.1) is 10.6 Å². The number of nitrogens with zero attached hydrogens (tertiary/aromatic N) is 3. The van der Waals surface area contributed by atoms with Gasteiger partial charge in [0.1, 0.15) is 11.4 Å². The lowest BCUT2D eigenvalue weighted by Crippen LogP contribution is -2.39. The maximum Gasteiger partial charge on any atom is 0.410 e. The zero-order valence-corrected chi connectivity index (χ0v) is 19.8. The molecular weight excluding hydrogens is 435 g/mol. The third-order valence-corrected chi connectivity index (χ3v) is 4.72. The normalized spacial score (nSPS) is 13.3. The Balaban J connectivity index is 0.000000233. The molecule has 0 radical (unpaired) electrons. The van der Waals surface area contributed by atoms with E-state index in [1.807, 2.05) is 39.0 Å². The molecule has 0 aliphatic carbocycles. The van der Waals surface area contributed by atoms with E-state index in [1.165, 1.54) is 6.42 Å². The van der Waals surface area contributed by atoms with Crippen LogP contribution in [0.1, 0.15) is 51.2 Å². The molecule has 1 aliphatic rings. The lowest BCUT2D eigenvalue weighted by Gasteiger charge is -2.29. The molecule has 0 atom stereocenters. The minimum absolute atomic E-state index is 0.160. The number of benzene rings is 1. The summed E-state index contributed by atoms with van der Waals surface area (Å²) in [4.78, 5) is 21.3. The van der Waals surface area contributed by atoms with E-state index in [1.54, 1.807) is 24.2 Å². The van der Waals surface area contributed by atoms with Crippen molar-refractivity contribution in [3.05, 3.63) is 51.9 Å². The van der Waals surface area contributed by atoms with Gasteiger partial charge in [0.25, 0.3) is 0 Å². The summed E-state index contributed by atoms with van der Waals surface area (Å²) in [6.07, 6.45) is 4.87. The molecule has 3 rings (SSSR count). The maximum absolute atomic E-state index is 11.5. The van der Waals surface area contributed by atoms with Crippen molar-refractivity contribution in [2.75, 3.05) is 25.5 Å². The van der Waals surface area contributed by atoms with Crippen molar-refractivity contribution in [3.8, 4) is 11.8 Å². The molecule has 6 nitrogen and oxygen atoms in total. The number of amides is 1. The summed E-state index contributed by atoms with van der Waals surface area (Å²) >= 11 is 11.7. The quantitative estimate of drug-likeness (QED) is 0.439. The Labute approximate surface area is 194 Å². The molecule has 166 valence electrons. The fourth-order valence-electron chi connectivity index (χ4n) is 2.74. The van der Waals surface area contributed by atoms with E-state index < -0.39 is 0 Å². The number of rotatable bonds is 1. The molecular formula is C23H28Cl2N4O2. The first kappa shape index (κ1) is 24.8. The monoisotopic (exact) mass is 462 g/mol. The topological polar surface area (TPSA) is 67.3 Å². The van der Waals surface area contributed by atoms with E-state index >= 15 is 0 Å². The van der Waals surface area contributed by atoms with Gasteiger partial charge in [-0.3, -0.25) is 0 Å². The van der Waals surface area contributed by atoms with Gasteiger partial charge in [0.2, 0.25) is 5.28 Å². The van der Waals surface area contributed by atoms with E-state index in [2.05, 4.69) is 27.1 Å². The van der Waals surface area contributed by atoms with Gasteiger partial charge in [-0.15, -0.1) is 0 Å². The number of carbonyl (C=O) groups excluding carboxylic acids is 1. The van der Waals surface area contributed by atoms with Crippen LogP contribution in [0.15, 0.2) is 30.5 Å². The molecule has 31 heavy (non-hydrogen) atoms. The summed E-state index contributed by atoms with van der Waals surface area (Å²) in [6.45, 7) is 7.41. The minimum atomic E-state index is -0.367. The molecule has 8 heteroatoms. The first-order chi connectivity index (χ1) is 14.7. The molecule has 1 aromatic heterocycles. The molecule has 0 saturated carbocycles. The van der Waals surface area contributed by atoms with Gasteiger partial charge in [0, 0.05) is 31.9 Å². The number of hydrogen-bond donors (Lipinski definition) is 1. The third-order valence-electron chi connectivity index (χ3n) is 4.21. The summed E-state index contributed by atoms with van der Waals surface area (Å²) < 4.78 is 5.26. The van der Waals surface area contributed by atoms with Crippen molar-refractivity contribution in [2.24, 2.45) is 0 Å². The van der Waals surface area contributed by atoms with Gasteiger partial charge in [-0.2, -0.15) is 4.98 Å². The van der Waals surface area contributed by atoms with Gasteiger partial charge in [-0.25, -0.2) is 9.78 Å². The lowest BCUT2D eigenvalue weighted by molar-refractivity contribution is 0.0216. The molecule has 1 aliphatic heterocycles. The van der Waals surface area contributed by atoms with Crippen LogP contribution in [0.25, 0.3) is 0 Å². The molecule has 1 N–H and O–H groups in total. The summed E-state index contributed by atoms with van der Waals surface area (Å²) in [5, 5.41) is 3.72. The van der Waals surface area contributed by atoms with Crippen LogP contribution in [-0.4, -0.2) is 46.7 Å². The van der Waals surface area contributed by atoms with Crippen molar-refractivity contribution in [1.29, 1.82) is 0 Å². The highest BCUT2D eigenvalue weighted by Gasteiger charge is 2.22. The molecule has 1 amide bonds. The number of aromatic nitrogens is 2. The maximum atomic E-state index is 11.5. The average molecular weight is 463 g/mol. The second kappa shape index (κ2) is 11.8. The second-order valence-corrected chi connectivity index (χ2v) is 8.65. The third kappa shape index (κ3) is 8.64. The number of nitrogens with one attached hydrogen (secondary N) is 1. The predicted molar refractivity (Wildman–Crippen MR) is 126 cm³/mol. The molecule has 0 spiro atoms. The van der Waals surface area contributed by atoms with Crippen molar-refractivity contribution >= 4 is 35.1 Å². The number of anilines is 1. The van der Waals surface area contributed by atoms with Gasteiger partial charge < -0.3 is 15.0 Å². The lowest BCUT2D eigenvalue weighted by atomic mass is 10.1. The predicted octanol–water partition coefficient (Wildman–Crippen LogP) is 5.63.